The standard InChI is InChI=1S/C26H32N6O2/c1-25(2,3)26(15-10-16-32(26)24(33)34)22-21(23-28-30-31-29-23)20(17-11-6-4-7-12-17)18-13-8-5-9-14-19(18)27-22/h4,6-7,11-12H,5,8-10,13-16H2,1-3H3,(H,33,34)(H,28,29,30,31). The Balaban J connectivity index is 1.94. The van der Waals surface area contributed by atoms with E-state index in [0.29, 0.717) is 18.8 Å². The van der Waals surface area contributed by atoms with Crippen molar-refractivity contribution in [3.63, 3.8) is 0 Å². The highest BCUT2D eigenvalue weighted by atomic mass is 16.4. The van der Waals surface area contributed by atoms with Crippen LogP contribution >= 0.6 is 0 Å². The van der Waals surface area contributed by atoms with Gasteiger partial charge in [0.05, 0.1) is 16.8 Å². The quantitative estimate of drug-likeness (QED) is 0.519. The highest BCUT2D eigenvalue weighted by Gasteiger charge is 2.56. The normalized spacial score (nSPS) is 20.7. The summed E-state index contributed by atoms with van der Waals surface area (Å²) in [5.41, 5.74) is 4.90. The summed E-state index contributed by atoms with van der Waals surface area (Å²) in [5, 5.41) is 25.4. The van der Waals surface area contributed by atoms with Gasteiger partial charge < -0.3 is 5.11 Å². The number of benzene rings is 1. The van der Waals surface area contributed by atoms with Crippen molar-refractivity contribution in [3.8, 4) is 22.5 Å². The SMILES string of the molecule is CC(C)(C)C1(c2nc3c(c(-c4ccccc4)c2-c2nnn[nH]2)CCCCC3)CCCN1C(=O)O. The molecule has 0 saturated carbocycles. The topological polar surface area (TPSA) is 108 Å². The number of nitrogens with one attached hydrogen (secondary N) is 1. The molecule has 1 fully saturated rings. The number of tetrazole rings is 1. The largest absolute Gasteiger partial charge is 0.465 e. The number of hydrogen-bond acceptors (Lipinski definition) is 5. The first-order valence-electron chi connectivity index (χ1n) is 12.2. The minimum Gasteiger partial charge on any atom is -0.465 e. The van der Waals surface area contributed by atoms with Gasteiger partial charge in [-0.15, -0.1) is 5.10 Å². The van der Waals surface area contributed by atoms with Crippen molar-refractivity contribution in [2.24, 2.45) is 5.41 Å². The Kier molecular flexibility index (Phi) is 5.62. The number of pyridine rings is 1. The monoisotopic (exact) mass is 460 g/mol. The molecular formula is C26H32N6O2. The van der Waals surface area contributed by atoms with Crippen LogP contribution in [0.4, 0.5) is 4.79 Å². The highest BCUT2D eigenvalue weighted by Crippen LogP contribution is 2.55. The third kappa shape index (κ3) is 3.47. The molecule has 5 rings (SSSR count). The molecule has 0 radical (unpaired) electrons. The molecule has 1 amide bonds. The van der Waals surface area contributed by atoms with Gasteiger partial charge in [-0.3, -0.25) is 9.88 Å². The maximum atomic E-state index is 12.6. The molecule has 1 aliphatic heterocycles. The van der Waals surface area contributed by atoms with Crippen molar-refractivity contribution in [1.29, 1.82) is 0 Å². The lowest BCUT2D eigenvalue weighted by molar-refractivity contribution is 0.0248. The molecule has 1 saturated heterocycles. The predicted molar refractivity (Wildman–Crippen MR) is 129 cm³/mol. The Morgan fingerprint density at radius 2 is 1.82 bits per heavy atom. The minimum atomic E-state index is -0.910. The van der Waals surface area contributed by atoms with E-state index in [2.05, 4.69) is 53.5 Å². The predicted octanol–water partition coefficient (Wildman–Crippen LogP) is 5.21. The molecule has 1 unspecified atom stereocenters. The Labute approximate surface area is 199 Å². The minimum absolute atomic E-state index is 0.399. The molecule has 3 aromatic rings. The zero-order valence-electron chi connectivity index (χ0n) is 20.1. The number of H-pyrrole nitrogens is 1. The molecule has 8 nitrogen and oxygen atoms in total. The van der Waals surface area contributed by atoms with Crippen LogP contribution in [0.25, 0.3) is 22.5 Å². The van der Waals surface area contributed by atoms with Gasteiger partial charge >= 0.3 is 6.09 Å². The molecule has 178 valence electrons. The number of fused-ring (bicyclic) bond motifs is 1. The van der Waals surface area contributed by atoms with Gasteiger partial charge in [0.15, 0.2) is 5.82 Å². The fourth-order valence-electron chi connectivity index (χ4n) is 6.10. The number of aromatic amines is 1. The number of amides is 1. The van der Waals surface area contributed by atoms with Gasteiger partial charge in [0.1, 0.15) is 0 Å². The van der Waals surface area contributed by atoms with Crippen molar-refractivity contribution < 1.29 is 9.90 Å². The average molecular weight is 461 g/mol. The second-order valence-corrected chi connectivity index (χ2v) is 10.5. The van der Waals surface area contributed by atoms with Crippen molar-refractivity contribution >= 4 is 6.09 Å². The molecule has 1 aromatic carbocycles. The van der Waals surface area contributed by atoms with Crippen LogP contribution in [0.1, 0.15) is 69.8 Å². The van der Waals surface area contributed by atoms with Crippen LogP contribution < -0.4 is 0 Å². The number of nitrogens with zero attached hydrogens (tertiary/aromatic N) is 5. The number of hydrogen-bond donors (Lipinski definition) is 2. The van der Waals surface area contributed by atoms with E-state index in [4.69, 9.17) is 4.98 Å². The van der Waals surface area contributed by atoms with Gasteiger partial charge in [0.25, 0.3) is 0 Å². The lowest BCUT2D eigenvalue weighted by Crippen LogP contribution is -2.53. The van der Waals surface area contributed by atoms with Gasteiger partial charge in [0, 0.05) is 12.2 Å². The molecular weight excluding hydrogens is 428 g/mol. The average Bonchev–Trinajstić information content (AvgIpc) is 3.45. The number of rotatable bonds is 3. The van der Waals surface area contributed by atoms with Gasteiger partial charge in [0.2, 0.25) is 0 Å². The summed E-state index contributed by atoms with van der Waals surface area (Å²) in [6.45, 7) is 6.84. The van der Waals surface area contributed by atoms with Crippen LogP contribution in [0, 0.1) is 5.41 Å². The summed E-state index contributed by atoms with van der Waals surface area (Å²) >= 11 is 0. The fraction of sp³-hybridized carbons (Fsp3) is 0.500. The zero-order valence-corrected chi connectivity index (χ0v) is 20.1. The van der Waals surface area contributed by atoms with Crippen molar-refractivity contribution in [2.75, 3.05) is 6.54 Å². The van der Waals surface area contributed by atoms with E-state index in [1.807, 2.05) is 18.2 Å². The summed E-state index contributed by atoms with van der Waals surface area (Å²) in [4.78, 5) is 19.5. The maximum Gasteiger partial charge on any atom is 0.408 e. The molecule has 2 aliphatic rings. The Morgan fingerprint density at radius 1 is 1.06 bits per heavy atom. The molecule has 0 bridgehead atoms. The number of carboxylic acid groups (broad SMARTS) is 1. The van der Waals surface area contributed by atoms with Crippen molar-refractivity contribution in [2.45, 2.75) is 71.3 Å². The van der Waals surface area contributed by atoms with Crippen LogP contribution in [0.5, 0.6) is 0 Å². The lowest BCUT2D eigenvalue weighted by Gasteiger charge is -2.47. The zero-order chi connectivity index (χ0) is 23.9. The maximum absolute atomic E-state index is 12.6. The number of likely N-dealkylation sites (tertiary alicyclic amines) is 1. The van der Waals surface area contributed by atoms with Crippen LogP contribution in [-0.4, -0.2) is 48.3 Å². The summed E-state index contributed by atoms with van der Waals surface area (Å²) < 4.78 is 0. The summed E-state index contributed by atoms with van der Waals surface area (Å²) in [5.74, 6) is 0.536. The van der Waals surface area contributed by atoms with Crippen LogP contribution in [0.3, 0.4) is 0 Å². The van der Waals surface area contributed by atoms with Crippen molar-refractivity contribution in [3.05, 3.63) is 47.3 Å². The van der Waals surface area contributed by atoms with Gasteiger partial charge in [-0.05, 0) is 71.1 Å². The molecule has 1 atom stereocenters. The van der Waals surface area contributed by atoms with Crippen LogP contribution in [0.15, 0.2) is 30.3 Å². The lowest BCUT2D eigenvalue weighted by atomic mass is 9.67. The first-order chi connectivity index (χ1) is 16.3. The number of carbonyl (C=O) groups is 1. The van der Waals surface area contributed by atoms with E-state index in [9.17, 15) is 9.90 Å². The van der Waals surface area contributed by atoms with Crippen LogP contribution in [0.2, 0.25) is 0 Å². The summed E-state index contributed by atoms with van der Waals surface area (Å²) in [6.07, 6.45) is 5.76. The fourth-order valence-corrected chi connectivity index (χ4v) is 6.10. The third-order valence-electron chi connectivity index (χ3n) is 7.61. The molecule has 3 heterocycles. The van der Waals surface area contributed by atoms with E-state index in [1.54, 1.807) is 4.90 Å². The van der Waals surface area contributed by atoms with Gasteiger partial charge in [-0.25, -0.2) is 9.89 Å². The molecule has 8 heteroatoms. The third-order valence-corrected chi connectivity index (χ3v) is 7.61. The Hall–Kier alpha value is -3.29. The van der Waals surface area contributed by atoms with E-state index >= 15 is 0 Å². The van der Waals surface area contributed by atoms with E-state index in [-0.39, 0.29) is 0 Å². The van der Waals surface area contributed by atoms with E-state index in [0.717, 1.165) is 66.6 Å². The summed E-state index contributed by atoms with van der Waals surface area (Å²) in [6, 6.07) is 10.3. The number of aryl methyl sites for hydroxylation is 1. The second-order valence-electron chi connectivity index (χ2n) is 10.5. The molecule has 2 aromatic heterocycles. The highest BCUT2D eigenvalue weighted by molar-refractivity contribution is 5.86. The van der Waals surface area contributed by atoms with Gasteiger partial charge in [-0.1, -0.05) is 57.5 Å². The van der Waals surface area contributed by atoms with Crippen molar-refractivity contribution in [1.82, 2.24) is 30.5 Å². The Morgan fingerprint density at radius 3 is 2.50 bits per heavy atom. The first kappa shape index (κ1) is 22.5. The molecule has 2 N–H and O–H groups in total. The second kappa shape index (κ2) is 8.49. The molecule has 34 heavy (non-hydrogen) atoms. The van der Waals surface area contributed by atoms with E-state index < -0.39 is 17.0 Å². The number of aromatic nitrogens is 5. The van der Waals surface area contributed by atoms with E-state index in [1.165, 1.54) is 5.56 Å². The smallest absolute Gasteiger partial charge is 0.408 e. The Bertz CT molecular complexity index is 1190. The first-order valence-corrected chi connectivity index (χ1v) is 12.2. The summed E-state index contributed by atoms with van der Waals surface area (Å²) in [7, 11) is 0. The van der Waals surface area contributed by atoms with Crippen LogP contribution in [-0.2, 0) is 18.4 Å². The molecule has 1 aliphatic carbocycles. The molecule has 0 spiro atoms. The van der Waals surface area contributed by atoms with Gasteiger partial charge in [-0.2, -0.15) is 0 Å².